The molecule has 0 aliphatic heterocycles. The van der Waals surface area contributed by atoms with Gasteiger partial charge in [0, 0.05) is 16.5 Å². The summed E-state index contributed by atoms with van der Waals surface area (Å²) in [6, 6.07) is 50.2. The number of ether oxygens (including phenoxy) is 2. The maximum absolute atomic E-state index is 6.18. The molecule has 4 nitrogen and oxygen atoms in total. The van der Waals surface area contributed by atoms with Crippen LogP contribution in [0, 0.1) is 13.8 Å². The molecule has 268 valence electrons. The van der Waals surface area contributed by atoms with Gasteiger partial charge in [-0.2, -0.15) is 0 Å². The van der Waals surface area contributed by atoms with Crippen molar-refractivity contribution < 1.29 is 9.47 Å². The van der Waals surface area contributed by atoms with Crippen molar-refractivity contribution in [3.05, 3.63) is 190 Å². The van der Waals surface area contributed by atoms with Crippen LogP contribution in [-0.4, -0.2) is 26.0 Å². The molecule has 6 aromatic carbocycles. The molecule has 6 aromatic rings. The summed E-state index contributed by atoms with van der Waals surface area (Å²) in [5, 5.41) is 0. The molecular weight excluding hydrogens is 661 g/mol. The Balaban J connectivity index is 1.47. The molecule has 0 amide bonds. The van der Waals surface area contributed by atoms with Gasteiger partial charge >= 0.3 is 0 Å². The Hall–Kier alpha value is -6.18. The van der Waals surface area contributed by atoms with Crippen LogP contribution >= 0.6 is 0 Å². The smallest absolute Gasteiger partial charge is 0.130 e. The molecule has 0 radical (unpaired) electrons. The lowest BCUT2D eigenvalue weighted by Gasteiger charge is -2.40. The molecule has 0 N–H and O–H groups in total. The summed E-state index contributed by atoms with van der Waals surface area (Å²) in [4.78, 5) is 9.67. The Morgan fingerprint density at radius 1 is 0.500 bits per heavy atom. The van der Waals surface area contributed by atoms with Gasteiger partial charge in [-0.3, -0.25) is 0 Å². The summed E-state index contributed by atoms with van der Waals surface area (Å²) in [7, 11) is 3.51. The first kappa shape index (κ1) is 36.2. The highest BCUT2D eigenvalue weighted by Crippen LogP contribution is 2.49. The third-order valence-corrected chi connectivity index (χ3v) is 10.5. The van der Waals surface area contributed by atoms with Crippen molar-refractivity contribution in [1.29, 1.82) is 0 Å². The van der Waals surface area contributed by atoms with Crippen LogP contribution < -0.4 is 9.47 Å². The van der Waals surface area contributed by atoms with Crippen LogP contribution in [0.5, 0.6) is 11.5 Å². The van der Waals surface area contributed by atoms with Gasteiger partial charge in [-0.1, -0.05) is 128 Å². The monoisotopic (exact) mass is 706 g/mol. The first-order chi connectivity index (χ1) is 26.5. The predicted molar refractivity (Wildman–Crippen MR) is 224 cm³/mol. The minimum Gasteiger partial charge on any atom is -0.496 e. The average Bonchev–Trinajstić information content (AvgIpc) is 3.22. The molecule has 0 aromatic heterocycles. The zero-order valence-electron chi connectivity index (χ0n) is 31.6. The van der Waals surface area contributed by atoms with Gasteiger partial charge < -0.3 is 9.47 Å². The Kier molecular flexibility index (Phi) is 11.2. The van der Waals surface area contributed by atoms with E-state index in [-0.39, 0.29) is 5.41 Å². The predicted octanol–water partition coefficient (Wildman–Crippen LogP) is 12.4. The second kappa shape index (κ2) is 16.7. The maximum Gasteiger partial charge on any atom is 0.130 e. The van der Waals surface area contributed by atoms with Crippen LogP contribution in [0.15, 0.2) is 156 Å². The third kappa shape index (κ3) is 7.63. The molecule has 0 saturated heterocycles. The topological polar surface area (TPSA) is 43.2 Å². The van der Waals surface area contributed by atoms with Gasteiger partial charge in [0.15, 0.2) is 0 Å². The van der Waals surface area contributed by atoms with Crippen LogP contribution in [0.1, 0.15) is 76.6 Å². The van der Waals surface area contributed by atoms with Crippen molar-refractivity contribution >= 4 is 34.3 Å². The molecule has 1 aliphatic rings. The van der Waals surface area contributed by atoms with Crippen LogP contribution in [0.4, 0.5) is 11.4 Å². The van der Waals surface area contributed by atoms with Crippen LogP contribution in [-0.2, 0) is 5.41 Å². The Morgan fingerprint density at radius 3 is 1.24 bits per heavy atom. The highest BCUT2D eigenvalue weighted by atomic mass is 16.5. The summed E-state index contributed by atoms with van der Waals surface area (Å²) in [5.74, 6) is 8.60. The first-order valence-electron chi connectivity index (χ1n) is 18.8. The Labute approximate surface area is 319 Å². The number of hydrogen-bond donors (Lipinski definition) is 0. The molecule has 4 heteroatoms. The highest BCUT2D eigenvalue weighted by Gasteiger charge is 2.38. The minimum absolute atomic E-state index is 0.257. The van der Waals surface area contributed by atoms with Gasteiger partial charge in [0.25, 0.3) is 0 Å². The first-order valence-corrected chi connectivity index (χ1v) is 18.8. The molecule has 7 rings (SSSR count). The second-order valence-electron chi connectivity index (χ2n) is 14.0. The largest absolute Gasteiger partial charge is 0.496 e. The van der Waals surface area contributed by atoms with Crippen molar-refractivity contribution in [3.63, 3.8) is 0 Å². The van der Waals surface area contributed by atoms with Crippen molar-refractivity contribution in [2.45, 2.75) is 51.4 Å². The van der Waals surface area contributed by atoms with E-state index in [2.05, 4.69) is 98.4 Å². The van der Waals surface area contributed by atoms with E-state index >= 15 is 0 Å². The van der Waals surface area contributed by atoms with Gasteiger partial charge in [0.1, 0.15) is 11.5 Å². The number of methoxy groups -OCH3 is 2. The second-order valence-corrected chi connectivity index (χ2v) is 14.0. The lowest BCUT2D eigenvalue weighted by molar-refractivity contribution is 0.344. The Bertz CT molecular complexity index is 2180. The fourth-order valence-electron chi connectivity index (χ4n) is 7.93. The van der Waals surface area contributed by atoms with E-state index in [0.717, 1.165) is 93.1 Å². The third-order valence-electron chi connectivity index (χ3n) is 10.5. The van der Waals surface area contributed by atoms with E-state index in [0.29, 0.717) is 0 Å². The Morgan fingerprint density at radius 2 is 0.870 bits per heavy atom. The number of rotatable bonds is 10. The zero-order valence-corrected chi connectivity index (χ0v) is 31.6. The summed E-state index contributed by atoms with van der Waals surface area (Å²) in [6.45, 7) is 4.31. The summed E-state index contributed by atoms with van der Waals surface area (Å²) < 4.78 is 12.4. The molecule has 0 bridgehead atoms. The van der Waals surface area contributed by atoms with Crippen molar-refractivity contribution in [3.8, 4) is 11.5 Å². The summed E-state index contributed by atoms with van der Waals surface area (Å²) in [6.07, 6.45) is 5.52. The van der Waals surface area contributed by atoms with E-state index in [1.54, 1.807) is 14.2 Å². The van der Waals surface area contributed by atoms with E-state index in [4.69, 9.17) is 19.5 Å². The van der Waals surface area contributed by atoms with Crippen LogP contribution in [0.2, 0.25) is 0 Å². The molecule has 0 heterocycles. The maximum atomic E-state index is 6.18. The fourth-order valence-corrected chi connectivity index (χ4v) is 7.93. The standard InChI is InChI=1S/C50H46N2O2/c1-36-30-40(32-44(48(36)53-3)46(38-20-10-5-11-21-38)34-51-42-24-14-7-15-25-42)50(28-18-9-19-29-50)41-31-37(2)49(54-4)45(33-41)47(39-22-12-6-13-23-39)35-52-43-26-16-8-17-27-43/h5-8,10-17,20-27,30-33H,9,18-19,28-29H2,1-4H3. The number of hydrogen-bond acceptors (Lipinski definition) is 4. The van der Waals surface area contributed by atoms with Gasteiger partial charge in [0.2, 0.25) is 0 Å². The molecule has 1 aliphatic carbocycles. The normalized spacial score (nSPS) is 13.2. The van der Waals surface area contributed by atoms with Crippen LogP contribution in [0.3, 0.4) is 0 Å². The van der Waals surface area contributed by atoms with E-state index in [9.17, 15) is 0 Å². The zero-order chi connectivity index (χ0) is 37.3. The molecule has 54 heavy (non-hydrogen) atoms. The molecular formula is C50H46N2O2. The van der Waals surface area contributed by atoms with Gasteiger partial charge in [0.05, 0.1) is 36.7 Å². The van der Waals surface area contributed by atoms with E-state index in [1.807, 2.05) is 72.8 Å². The highest BCUT2D eigenvalue weighted by molar-refractivity contribution is 6.02. The minimum atomic E-state index is -0.257. The molecule has 1 fully saturated rings. The molecule has 0 spiro atoms. The fraction of sp³-hybridized carbons (Fsp3) is 0.200. The van der Waals surface area contributed by atoms with Crippen molar-refractivity contribution in [2.75, 3.05) is 14.2 Å². The lowest BCUT2D eigenvalue weighted by atomic mass is 9.64. The molecule has 0 atom stereocenters. The summed E-state index contributed by atoms with van der Waals surface area (Å²) in [5.41, 5.74) is 11.9. The van der Waals surface area contributed by atoms with Crippen LogP contribution in [0.25, 0.3) is 11.1 Å². The van der Waals surface area contributed by atoms with Gasteiger partial charge in [-0.05, 0) is 108 Å². The lowest BCUT2D eigenvalue weighted by Crippen LogP contribution is -2.31. The van der Waals surface area contributed by atoms with E-state index < -0.39 is 0 Å². The number of nitrogens with zero attached hydrogens (tertiary/aromatic N) is 2. The number of aryl methyl sites for hydroxylation is 2. The summed E-state index contributed by atoms with van der Waals surface area (Å²) >= 11 is 0. The van der Waals surface area contributed by atoms with Crippen molar-refractivity contribution in [1.82, 2.24) is 0 Å². The quantitative estimate of drug-likeness (QED) is 0.133. The molecule has 1 saturated carbocycles. The SMILES string of the molecule is COc1c(C)cc(C2(c3cc(C)c(OC)c(C(=C=Nc4ccccc4)c4ccccc4)c3)CCCCC2)cc1C(=C=Nc1ccccc1)c1ccccc1. The van der Waals surface area contributed by atoms with Gasteiger partial charge in [-0.25, -0.2) is 9.98 Å². The van der Waals surface area contributed by atoms with Gasteiger partial charge in [-0.15, -0.1) is 0 Å². The molecule has 0 unspecified atom stereocenters. The average molecular weight is 707 g/mol. The number of aliphatic imine (C=N–C) groups is 2. The van der Waals surface area contributed by atoms with Crippen molar-refractivity contribution in [2.24, 2.45) is 9.98 Å². The van der Waals surface area contributed by atoms with E-state index in [1.165, 1.54) is 17.5 Å². The number of para-hydroxylation sites is 2. The number of benzene rings is 6.